The quantitative estimate of drug-likeness (QED) is 0.481. The first-order valence-corrected chi connectivity index (χ1v) is 10.8. The Morgan fingerprint density at radius 2 is 1.89 bits per heavy atom. The van der Waals surface area contributed by atoms with Gasteiger partial charge in [-0.15, -0.1) is 0 Å². The molecule has 2 aromatic carbocycles. The highest BCUT2D eigenvalue weighted by Gasteiger charge is 2.47. The van der Waals surface area contributed by atoms with E-state index in [0.717, 1.165) is 28.8 Å². The predicted molar refractivity (Wildman–Crippen MR) is 114 cm³/mol. The Morgan fingerprint density at radius 3 is 2.67 bits per heavy atom. The van der Waals surface area contributed by atoms with E-state index in [1.54, 1.807) is 0 Å². The van der Waals surface area contributed by atoms with Crippen LogP contribution in [-0.2, 0) is 0 Å². The number of hydrogen-bond donors (Lipinski definition) is 0. The molecule has 0 radical (unpaired) electrons. The molecule has 2 atom stereocenters. The van der Waals surface area contributed by atoms with E-state index in [2.05, 4.69) is 83.3 Å². The standard InChI is InChI=1S/C23H27BrN2O/c1-3-4-5-8-15-23(2)26-21(19-9-6-7-10-22(19)27-23)16-20(25-26)17-11-13-18(24)14-12-17/h6-7,9-14,21H,3-5,8,15-16H2,1-2H3/t21-,23+/m1/s1. The largest absolute Gasteiger partial charge is 0.466 e. The second kappa shape index (κ2) is 7.67. The summed E-state index contributed by atoms with van der Waals surface area (Å²) in [5.41, 5.74) is 3.20. The molecule has 2 heterocycles. The van der Waals surface area contributed by atoms with Crippen LogP contribution in [0.2, 0.25) is 0 Å². The van der Waals surface area contributed by atoms with E-state index < -0.39 is 0 Å². The third-order valence-electron chi connectivity index (χ3n) is 5.67. The molecule has 142 valence electrons. The maximum atomic E-state index is 6.53. The van der Waals surface area contributed by atoms with Crippen LogP contribution >= 0.6 is 15.9 Å². The Labute approximate surface area is 170 Å². The van der Waals surface area contributed by atoms with Crippen molar-refractivity contribution in [3.63, 3.8) is 0 Å². The molecular formula is C23H27BrN2O. The number of hydrogen-bond acceptors (Lipinski definition) is 3. The van der Waals surface area contributed by atoms with E-state index in [1.807, 2.05) is 0 Å². The van der Waals surface area contributed by atoms with Gasteiger partial charge in [-0.3, -0.25) is 0 Å². The number of benzene rings is 2. The minimum absolute atomic E-state index is 0.254. The monoisotopic (exact) mass is 426 g/mol. The number of para-hydroxylation sites is 1. The summed E-state index contributed by atoms with van der Waals surface area (Å²) in [6.45, 7) is 4.45. The Bertz CT molecular complexity index is 833. The first-order chi connectivity index (χ1) is 13.1. The number of fused-ring (bicyclic) bond motifs is 3. The average Bonchev–Trinajstić information content (AvgIpc) is 3.13. The molecule has 0 N–H and O–H groups in total. The van der Waals surface area contributed by atoms with Gasteiger partial charge in [0.05, 0.1) is 11.8 Å². The summed E-state index contributed by atoms with van der Waals surface area (Å²) in [4.78, 5) is 0. The lowest BCUT2D eigenvalue weighted by Gasteiger charge is -2.46. The average molecular weight is 427 g/mol. The molecule has 0 spiro atoms. The lowest BCUT2D eigenvalue weighted by Crippen LogP contribution is -2.51. The van der Waals surface area contributed by atoms with Crippen molar-refractivity contribution in [3.8, 4) is 5.75 Å². The highest BCUT2D eigenvalue weighted by Crippen LogP contribution is 2.48. The van der Waals surface area contributed by atoms with E-state index in [-0.39, 0.29) is 11.8 Å². The Kier molecular flexibility index (Phi) is 5.27. The van der Waals surface area contributed by atoms with Crippen molar-refractivity contribution in [2.45, 2.75) is 64.1 Å². The van der Waals surface area contributed by atoms with Crippen molar-refractivity contribution in [2.24, 2.45) is 5.10 Å². The lowest BCUT2D eigenvalue weighted by molar-refractivity contribution is -0.112. The van der Waals surface area contributed by atoms with Crippen LogP contribution < -0.4 is 4.74 Å². The number of rotatable bonds is 6. The van der Waals surface area contributed by atoms with Crippen LogP contribution in [0.5, 0.6) is 5.75 Å². The molecule has 0 saturated heterocycles. The van der Waals surface area contributed by atoms with Crippen LogP contribution in [0, 0.1) is 0 Å². The van der Waals surface area contributed by atoms with Crippen molar-refractivity contribution in [3.05, 3.63) is 64.1 Å². The molecule has 3 nitrogen and oxygen atoms in total. The second-order valence-corrected chi connectivity index (χ2v) is 8.66. The summed E-state index contributed by atoms with van der Waals surface area (Å²) < 4.78 is 7.62. The van der Waals surface area contributed by atoms with Crippen LogP contribution in [-0.4, -0.2) is 16.4 Å². The molecule has 2 aromatic rings. The van der Waals surface area contributed by atoms with Gasteiger partial charge < -0.3 is 4.74 Å². The Morgan fingerprint density at radius 1 is 1.11 bits per heavy atom. The van der Waals surface area contributed by atoms with Crippen LogP contribution in [0.15, 0.2) is 58.1 Å². The molecule has 0 fully saturated rings. The summed E-state index contributed by atoms with van der Waals surface area (Å²) in [5.74, 6) is 1.02. The molecule has 4 heteroatoms. The lowest BCUT2D eigenvalue weighted by atomic mass is 9.93. The first kappa shape index (κ1) is 18.5. The van der Waals surface area contributed by atoms with Gasteiger partial charge in [-0.05, 0) is 37.1 Å². The summed E-state index contributed by atoms with van der Waals surface area (Å²) in [6.07, 6.45) is 6.86. The predicted octanol–water partition coefficient (Wildman–Crippen LogP) is 6.68. The smallest absolute Gasteiger partial charge is 0.195 e. The number of nitrogens with zero attached hydrogens (tertiary/aromatic N) is 2. The van der Waals surface area contributed by atoms with Gasteiger partial charge in [0.25, 0.3) is 0 Å². The van der Waals surface area contributed by atoms with Crippen molar-refractivity contribution >= 4 is 21.6 Å². The van der Waals surface area contributed by atoms with Crippen molar-refractivity contribution in [1.29, 1.82) is 0 Å². The van der Waals surface area contributed by atoms with Gasteiger partial charge >= 0.3 is 0 Å². The molecule has 0 unspecified atom stereocenters. The zero-order valence-corrected chi connectivity index (χ0v) is 17.7. The van der Waals surface area contributed by atoms with Crippen LogP contribution in [0.3, 0.4) is 0 Å². The third-order valence-corrected chi connectivity index (χ3v) is 6.20. The minimum Gasteiger partial charge on any atom is -0.466 e. The Hall–Kier alpha value is -1.81. The van der Waals surface area contributed by atoms with Gasteiger partial charge in [-0.2, -0.15) is 5.10 Å². The molecule has 0 bridgehead atoms. The molecule has 0 aromatic heterocycles. The summed E-state index contributed by atoms with van der Waals surface area (Å²) >= 11 is 3.53. The fourth-order valence-corrected chi connectivity index (χ4v) is 4.45. The number of hydrazone groups is 1. The molecule has 27 heavy (non-hydrogen) atoms. The zero-order valence-electron chi connectivity index (χ0n) is 16.1. The molecule has 0 amide bonds. The van der Waals surface area contributed by atoms with Crippen molar-refractivity contribution in [1.82, 2.24) is 5.01 Å². The van der Waals surface area contributed by atoms with Gasteiger partial charge in [0, 0.05) is 22.9 Å². The van der Waals surface area contributed by atoms with E-state index in [1.165, 1.54) is 36.8 Å². The fourth-order valence-electron chi connectivity index (χ4n) is 4.18. The molecule has 2 aliphatic rings. The van der Waals surface area contributed by atoms with E-state index >= 15 is 0 Å². The summed E-state index contributed by atoms with van der Waals surface area (Å²) in [5, 5.41) is 7.31. The highest BCUT2D eigenvalue weighted by atomic mass is 79.9. The molecule has 4 rings (SSSR count). The van der Waals surface area contributed by atoms with Gasteiger partial charge in [0.2, 0.25) is 0 Å². The molecule has 2 aliphatic heterocycles. The van der Waals surface area contributed by atoms with Gasteiger partial charge in [-0.25, -0.2) is 5.01 Å². The summed E-state index contributed by atoms with van der Waals surface area (Å²) in [7, 11) is 0. The van der Waals surface area contributed by atoms with E-state index in [9.17, 15) is 0 Å². The minimum atomic E-state index is -0.385. The first-order valence-electron chi connectivity index (χ1n) is 10.0. The van der Waals surface area contributed by atoms with Crippen LogP contribution in [0.1, 0.15) is 69.5 Å². The summed E-state index contributed by atoms with van der Waals surface area (Å²) in [6, 6.07) is 17.2. The Balaban J connectivity index is 1.65. The molecule has 0 aliphatic carbocycles. The van der Waals surface area contributed by atoms with Crippen molar-refractivity contribution in [2.75, 3.05) is 0 Å². The van der Waals surface area contributed by atoms with E-state index in [0.29, 0.717) is 0 Å². The molecule has 0 saturated carbocycles. The fraction of sp³-hybridized carbons (Fsp3) is 0.435. The number of ether oxygens (including phenoxy) is 1. The number of halogens is 1. The van der Waals surface area contributed by atoms with Crippen LogP contribution in [0.25, 0.3) is 0 Å². The topological polar surface area (TPSA) is 24.8 Å². The van der Waals surface area contributed by atoms with Gasteiger partial charge in [0.15, 0.2) is 5.72 Å². The SMILES string of the molecule is CCCCCC[C@]1(C)Oc2ccccc2[C@H]2CC(c3ccc(Br)cc3)=NN21. The maximum Gasteiger partial charge on any atom is 0.195 e. The van der Waals surface area contributed by atoms with E-state index in [4.69, 9.17) is 9.84 Å². The normalized spacial score (nSPS) is 23.4. The van der Waals surface area contributed by atoms with Gasteiger partial charge in [-0.1, -0.05) is 72.4 Å². The van der Waals surface area contributed by atoms with Crippen LogP contribution in [0.4, 0.5) is 0 Å². The maximum absolute atomic E-state index is 6.53. The molecular weight excluding hydrogens is 400 g/mol. The zero-order chi connectivity index (χ0) is 18.9. The highest BCUT2D eigenvalue weighted by molar-refractivity contribution is 9.10. The van der Waals surface area contributed by atoms with Crippen molar-refractivity contribution < 1.29 is 4.74 Å². The third kappa shape index (κ3) is 3.64. The van der Waals surface area contributed by atoms with Gasteiger partial charge in [0.1, 0.15) is 5.75 Å². The second-order valence-electron chi connectivity index (χ2n) is 7.74. The number of unbranched alkanes of at least 4 members (excludes halogenated alkanes) is 3.